The van der Waals surface area contributed by atoms with Crippen molar-refractivity contribution >= 4 is 28.1 Å². The average Bonchev–Trinajstić information content (AvgIpc) is 2.07. The van der Waals surface area contributed by atoms with E-state index in [-0.39, 0.29) is 0 Å². The van der Waals surface area contributed by atoms with E-state index < -0.39 is 0 Å². The zero-order chi connectivity index (χ0) is 8.55. The van der Waals surface area contributed by atoms with Crippen LogP contribution in [0.2, 0.25) is 0 Å². The Balaban J connectivity index is 2.70. The maximum absolute atomic E-state index is 3.64. The summed E-state index contributed by atoms with van der Waals surface area (Å²) < 4.78 is 0. The van der Waals surface area contributed by atoms with Crippen LogP contribution in [0.5, 0.6) is 0 Å². The molecule has 0 bridgehead atoms. The molecule has 2 atom stereocenters. The molecule has 0 fully saturated rings. The minimum Gasteiger partial charge on any atom is -0.0839 e. The summed E-state index contributed by atoms with van der Waals surface area (Å²) in [5, 5.41) is 2.71. The molecule has 2 unspecified atom stereocenters. The third-order valence-corrected chi connectivity index (χ3v) is 3.38. The first-order valence-electron chi connectivity index (χ1n) is 4.20. The van der Waals surface area contributed by atoms with Gasteiger partial charge in [-0.1, -0.05) is 59.3 Å². The van der Waals surface area contributed by atoms with Gasteiger partial charge < -0.3 is 0 Å². The molecule has 62 valence electrons. The van der Waals surface area contributed by atoms with E-state index in [1.165, 1.54) is 10.4 Å². The Morgan fingerprint density at radius 3 is 2.33 bits per heavy atom. The van der Waals surface area contributed by atoms with Crippen molar-refractivity contribution in [1.29, 1.82) is 0 Å². The van der Waals surface area contributed by atoms with E-state index in [9.17, 15) is 0 Å². The van der Waals surface area contributed by atoms with Crippen molar-refractivity contribution < 1.29 is 0 Å². The second-order valence-electron chi connectivity index (χ2n) is 3.27. The summed E-state index contributed by atoms with van der Waals surface area (Å²) in [5.41, 5.74) is 0. The highest BCUT2D eigenvalue weighted by Gasteiger charge is 2.10. The van der Waals surface area contributed by atoms with Gasteiger partial charge in [0.2, 0.25) is 0 Å². The second-order valence-corrected chi connectivity index (χ2v) is 4.32. The molecule has 0 heterocycles. The molecule has 2 rings (SSSR count). The topological polar surface area (TPSA) is 0 Å². The van der Waals surface area contributed by atoms with Gasteiger partial charge in [-0.15, -0.1) is 0 Å². The molecule has 0 aromatic heterocycles. The van der Waals surface area contributed by atoms with E-state index in [1.807, 2.05) is 0 Å². The Bertz CT molecular complexity index is 353. The van der Waals surface area contributed by atoms with Crippen LogP contribution in [0, 0.1) is 5.92 Å². The van der Waals surface area contributed by atoms with Crippen molar-refractivity contribution in [3.63, 3.8) is 0 Å². The highest BCUT2D eigenvalue weighted by molar-refractivity contribution is 9.09. The summed E-state index contributed by atoms with van der Waals surface area (Å²) in [6, 6.07) is 8.50. The van der Waals surface area contributed by atoms with Crippen LogP contribution in [0.1, 0.15) is 6.92 Å². The monoisotopic (exact) mass is 222 g/mol. The number of benzene rings is 1. The van der Waals surface area contributed by atoms with E-state index in [2.05, 4.69) is 59.3 Å². The van der Waals surface area contributed by atoms with Gasteiger partial charge in [-0.25, -0.2) is 0 Å². The quantitative estimate of drug-likeness (QED) is 0.587. The second kappa shape index (κ2) is 3.06. The molecule has 0 N–H and O–H groups in total. The molecule has 1 aromatic carbocycles. The molecular formula is C11H11Br. The molecule has 0 saturated carbocycles. The van der Waals surface area contributed by atoms with Gasteiger partial charge in [0, 0.05) is 4.83 Å². The highest BCUT2D eigenvalue weighted by atomic mass is 79.9. The van der Waals surface area contributed by atoms with Crippen LogP contribution in [0.25, 0.3) is 12.2 Å². The summed E-state index contributed by atoms with van der Waals surface area (Å²) in [6.45, 7) is 2.23. The first-order valence-corrected chi connectivity index (χ1v) is 5.12. The van der Waals surface area contributed by atoms with Gasteiger partial charge in [-0.3, -0.25) is 0 Å². The predicted molar refractivity (Wildman–Crippen MR) is 56.5 cm³/mol. The fourth-order valence-electron chi connectivity index (χ4n) is 1.51. The van der Waals surface area contributed by atoms with E-state index >= 15 is 0 Å². The molecule has 0 amide bonds. The largest absolute Gasteiger partial charge is 0.0839 e. The van der Waals surface area contributed by atoms with Gasteiger partial charge in [0.1, 0.15) is 0 Å². The van der Waals surface area contributed by atoms with Crippen LogP contribution in [0.4, 0.5) is 0 Å². The minimum atomic E-state index is 0.493. The van der Waals surface area contributed by atoms with Gasteiger partial charge in [0.25, 0.3) is 0 Å². The molecule has 1 aliphatic rings. The lowest BCUT2D eigenvalue weighted by Crippen LogP contribution is -2.31. The van der Waals surface area contributed by atoms with E-state index in [4.69, 9.17) is 0 Å². The number of rotatable bonds is 0. The molecule has 0 aliphatic heterocycles. The fourth-order valence-corrected chi connectivity index (χ4v) is 1.95. The SMILES string of the molecule is CC1C=c2ccccc2=CC1Br. The Hall–Kier alpha value is -0.560. The lowest BCUT2D eigenvalue weighted by Gasteiger charge is -2.14. The lowest BCUT2D eigenvalue weighted by atomic mass is 9.99. The average molecular weight is 223 g/mol. The number of fused-ring (bicyclic) bond motifs is 1. The smallest absolute Gasteiger partial charge is 0.0394 e. The van der Waals surface area contributed by atoms with Crippen molar-refractivity contribution in [2.45, 2.75) is 11.8 Å². The predicted octanol–water partition coefficient (Wildman–Crippen LogP) is 1.66. The first kappa shape index (κ1) is 8.06. The van der Waals surface area contributed by atoms with Crippen LogP contribution in [-0.2, 0) is 0 Å². The fraction of sp³-hybridized carbons (Fsp3) is 0.273. The molecular weight excluding hydrogens is 212 g/mol. The summed E-state index contributed by atoms with van der Waals surface area (Å²) in [6.07, 6.45) is 4.59. The third-order valence-electron chi connectivity index (χ3n) is 2.28. The van der Waals surface area contributed by atoms with E-state index in [1.54, 1.807) is 0 Å². The van der Waals surface area contributed by atoms with Crippen molar-refractivity contribution in [2.24, 2.45) is 5.92 Å². The summed E-state index contributed by atoms with van der Waals surface area (Å²) >= 11 is 3.64. The Morgan fingerprint density at radius 2 is 1.67 bits per heavy atom. The number of halogens is 1. The Kier molecular flexibility index (Phi) is 2.05. The van der Waals surface area contributed by atoms with Crippen molar-refractivity contribution in [3.8, 4) is 0 Å². The Labute approximate surface area is 80.7 Å². The van der Waals surface area contributed by atoms with Crippen LogP contribution in [0.3, 0.4) is 0 Å². The molecule has 0 saturated heterocycles. The van der Waals surface area contributed by atoms with Gasteiger partial charge in [-0.05, 0) is 16.4 Å². The van der Waals surface area contributed by atoms with Crippen LogP contribution >= 0.6 is 15.9 Å². The summed E-state index contributed by atoms with van der Waals surface area (Å²) in [7, 11) is 0. The molecule has 1 aromatic rings. The van der Waals surface area contributed by atoms with Gasteiger partial charge in [-0.2, -0.15) is 0 Å². The summed E-state index contributed by atoms with van der Waals surface area (Å²) in [4.78, 5) is 0.493. The standard InChI is InChI=1S/C11H11Br/c1-8-6-9-4-2-3-5-10(9)7-11(8)12/h2-8,11H,1H3. The van der Waals surface area contributed by atoms with Crippen LogP contribution < -0.4 is 10.4 Å². The number of alkyl halides is 1. The maximum Gasteiger partial charge on any atom is 0.0394 e. The van der Waals surface area contributed by atoms with Gasteiger partial charge in [0.15, 0.2) is 0 Å². The highest BCUT2D eigenvalue weighted by Crippen LogP contribution is 2.16. The van der Waals surface area contributed by atoms with Gasteiger partial charge >= 0.3 is 0 Å². The normalized spacial score (nSPS) is 26.8. The van der Waals surface area contributed by atoms with Crippen molar-refractivity contribution in [2.75, 3.05) is 0 Å². The summed E-state index contributed by atoms with van der Waals surface area (Å²) in [5.74, 6) is 0.597. The lowest BCUT2D eigenvalue weighted by molar-refractivity contribution is 0.825. The minimum absolute atomic E-state index is 0.493. The van der Waals surface area contributed by atoms with Crippen molar-refractivity contribution in [3.05, 3.63) is 34.7 Å². The molecule has 12 heavy (non-hydrogen) atoms. The molecule has 1 aliphatic carbocycles. The van der Waals surface area contributed by atoms with Crippen LogP contribution in [-0.4, -0.2) is 4.83 Å². The molecule has 0 radical (unpaired) electrons. The molecule has 0 nitrogen and oxygen atoms in total. The number of hydrogen-bond donors (Lipinski definition) is 0. The van der Waals surface area contributed by atoms with E-state index in [0.717, 1.165) is 0 Å². The maximum atomic E-state index is 3.64. The molecule has 1 heteroatoms. The third kappa shape index (κ3) is 1.34. The zero-order valence-electron chi connectivity index (χ0n) is 7.00. The zero-order valence-corrected chi connectivity index (χ0v) is 8.58. The van der Waals surface area contributed by atoms with Crippen molar-refractivity contribution in [1.82, 2.24) is 0 Å². The number of hydrogen-bond acceptors (Lipinski definition) is 0. The van der Waals surface area contributed by atoms with E-state index in [0.29, 0.717) is 10.7 Å². The van der Waals surface area contributed by atoms with Crippen LogP contribution in [0.15, 0.2) is 24.3 Å². The first-order chi connectivity index (χ1) is 5.77. The van der Waals surface area contributed by atoms with Gasteiger partial charge in [0.05, 0.1) is 0 Å². The Morgan fingerprint density at radius 1 is 1.08 bits per heavy atom. The molecule has 0 spiro atoms.